The van der Waals surface area contributed by atoms with E-state index in [1.807, 2.05) is 6.07 Å². The zero-order valence-corrected chi connectivity index (χ0v) is 18.5. The average Bonchev–Trinajstić information content (AvgIpc) is 2.78. The second kappa shape index (κ2) is 10.6. The maximum Gasteiger partial charge on any atom is 0.252 e. The normalized spacial score (nSPS) is 20.7. The summed E-state index contributed by atoms with van der Waals surface area (Å²) in [5.74, 6) is 0.351. The molecule has 31 heavy (non-hydrogen) atoms. The van der Waals surface area contributed by atoms with Gasteiger partial charge in [-0.2, -0.15) is 0 Å². The van der Waals surface area contributed by atoms with Gasteiger partial charge >= 0.3 is 0 Å². The Bertz CT molecular complexity index is 858. The molecule has 1 aliphatic rings. The number of primary amides is 1. The van der Waals surface area contributed by atoms with Crippen LogP contribution in [0.4, 0.5) is 5.69 Å². The van der Waals surface area contributed by atoms with Crippen LogP contribution in [0.3, 0.4) is 0 Å². The number of benzene rings is 2. The fourth-order valence-electron chi connectivity index (χ4n) is 4.67. The first-order valence-electron chi connectivity index (χ1n) is 11.2. The number of rotatable bonds is 9. The van der Waals surface area contributed by atoms with Crippen molar-refractivity contribution in [2.24, 2.45) is 17.6 Å². The number of aromatic hydroxyl groups is 1. The zero-order valence-electron chi connectivity index (χ0n) is 18.5. The second-order valence-corrected chi connectivity index (χ2v) is 8.86. The van der Waals surface area contributed by atoms with Crippen molar-refractivity contribution < 1.29 is 15.0 Å². The Balaban J connectivity index is 1.51. The van der Waals surface area contributed by atoms with Crippen molar-refractivity contribution in [3.8, 4) is 5.75 Å². The number of nitrogens with zero attached hydrogens (tertiary/aromatic N) is 1. The SMILES string of the molecule is CC(NCC(O)c1ccc(O)c(C(N)=O)c1)C1CCCC(CN(C)c2ccccc2)C1. The lowest BCUT2D eigenvalue weighted by Crippen LogP contribution is -2.40. The van der Waals surface area contributed by atoms with Gasteiger partial charge in [0.2, 0.25) is 0 Å². The molecule has 0 bridgehead atoms. The van der Waals surface area contributed by atoms with Gasteiger partial charge in [-0.15, -0.1) is 0 Å². The Kier molecular flexibility index (Phi) is 7.93. The number of aliphatic hydroxyl groups is 1. The Morgan fingerprint density at radius 3 is 2.68 bits per heavy atom. The molecule has 2 aromatic rings. The van der Waals surface area contributed by atoms with Crippen molar-refractivity contribution >= 4 is 11.6 Å². The third-order valence-corrected chi connectivity index (χ3v) is 6.56. The Hall–Kier alpha value is -2.57. The highest BCUT2D eigenvalue weighted by Gasteiger charge is 2.27. The molecule has 0 radical (unpaired) electrons. The molecule has 0 aromatic heterocycles. The second-order valence-electron chi connectivity index (χ2n) is 8.86. The van der Waals surface area contributed by atoms with E-state index in [4.69, 9.17) is 5.73 Å². The van der Waals surface area contributed by atoms with Crippen LogP contribution < -0.4 is 16.0 Å². The van der Waals surface area contributed by atoms with Crippen LogP contribution in [0.2, 0.25) is 0 Å². The fraction of sp³-hybridized carbons (Fsp3) is 0.480. The van der Waals surface area contributed by atoms with Crippen LogP contribution in [0.1, 0.15) is 54.6 Å². The smallest absolute Gasteiger partial charge is 0.252 e. The highest BCUT2D eigenvalue weighted by atomic mass is 16.3. The first-order valence-corrected chi connectivity index (χ1v) is 11.2. The number of nitrogens with two attached hydrogens (primary N) is 1. The lowest BCUT2D eigenvalue weighted by molar-refractivity contribution is 0.0997. The van der Waals surface area contributed by atoms with Gasteiger partial charge in [-0.1, -0.05) is 30.7 Å². The first-order chi connectivity index (χ1) is 14.8. The van der Waals surface area contributed by atoms with E-state index in [0.717, 1.165) is 6.54 Å². The minimum absolute atomic E-state index is 0.0299. The van der Waals surface area contributed by atoms with Crippen molar-refractivity contribution in [3.63, 3.8) is 0 Å². The molecule has 1 fully saturated rings. The van der Waals surface area contributed by atoms with E-state index in [0.29, 0.717) is 23.9 Å². The highest BCUT2D eigenvalue weighted by molar-refractivity contribution is 5.95. The molecule has 3 rings (SSSR count). The summed E-state index contributed by atoms with van der Waals surface area (Å²) >= 11 is 0. The van der Waals surface area contributed by atoms with Gasteiger partial charge in [0.05, 0.1) is 11.7 Å². The molecule has 4 atom stereocenters. The van der Waals surface area contributed by atoms with Gasteiger partial charge in [0.15, 0.2) is 0 Å². The van der Waals surface area contributed by atoms with Crippen molar-refractivity contribution in [3.05, 3.63) is 59.7 Å². The summed E-state index contributed by atoms with van der Waals surface area (Å²) < 4.78 is 0. The number of phenols is 1. The Morgan fingerprint density at radius 1 is 1.23 bits per heavy atom. The molecule has 0 heterocycles. The number of hydrogen-bond donors (Lipinski definition) is 4. The topological polar surface area (TPSA) is 98.8 Å². The number of carbonyl (C=O) groups is 1. The molecule has 5 N–H and O–H groups in total. The summed E-state index contributed by atoms with van der Waals surface area (Å²) in [5.41, 5.74) is 7.14. The van der Waals surface area contributed by atoms with Crippen LogP contribution in [0.25, 0.3) is 0 Å². The number of aliphatic hydroxyl groups excluding tert-OH is 1. The van der Waals surface area contributed by atoms with Crippen LogP contribution in [0, 0.1) is 11.8 Å². The molecular weight excluding hydrogens is 390 g/mol. The molecule has 6 nitrogen and oxygen atoms in total. The summed E-state index contributed by atoms with van der Waals surface area (Å²) in [7, 11) is 2.16. The third kappa shape index (κ3) is 6.21. The number of nitrogens with one attached hydrogen (secondary N) is 1. The van der Waals surface area contributed by atoms with Crippen molar-refractivity contribution in [2.75, 3.05) is 25.0 Å². The molecule has 4 unspecified atom stereocenters. The molecule has 0 spiro atoms. The minimum atomic E-state index is -0.773. The van der Waals surface area contributed by atoms with E-state index < -0.39 is 12.0 Å². The van der Waals surface area contributed by atoms with Gasteiger partial charge in [-0.3, -0.25) is 4.79 Å². The number of carbonyl (C=O) groups excluding carboxylic acids is 1. The maximum atomic E-state index is 11.4. The molecule has 1 saturated carbocycles. The average molecular weight is 426 g/mol. The summed E-state index contributed by atoms with van der Waals surface area (Å²) in [5, 5.41) is 23.8. The van der Waals surface area contributed by atoms with E-state index in [2.05, 4.69) is 48.5 Å². The minimum Gasteiger partial charge on any atom is -0.507 e. The predicted molar refractivity (Wildman–Crippen MR) is 124 cm³/mol. The van der Waals surface area contributed by atoms with Gasteiger partial charge in [-0.25, -0.2) is 0 Å². The summed E-state index contributed by atoms with van der Waals surface area (Å²) in [6, 6.07) is 15.3. The summed E-state index contributed by atoms with van der Waals surface area (Å²) in [4.78, 5) is 13.8. The molecule has 6 heteroatoms. The number of hydrogen-bond acceptors (Lipinski definition) is 5. The van der Waals surface area contributed by atoms with Gasteiger partial charge in [0, 0.05) is 31.9 Å². The lowest BCUT2D eigenvalue weighted by Gasteiger charge is -2.36. The van der Waals surface area contributed by atoms with Crippen LogP contribution in [-0.2, 0) is 0 Å². The van der Waals surface area contributed by atoms with Crippen LogP contribution in [-0.4, -0.2) is 42.3 Å². The first kappa shape index (κ1) is 23.1. The van der Waals surface area contributed by atoms with Gasteiger partial charge in [0.25, 0.3) is 5.91 Å². The lowest BCUT2D eigenvalue weighted by atomic mass is 9.78. The van der Waals surface area contributed by atoms with E-state index in [9.17, 15) is 15.0 Å². The molecule has 0 saturated heterocycles. The Morgan fingerprint density at radius 2 is 1.97 bits per heavy atom. The standard InChI is InChI=1S/C25H35N3O3/c1-17(27-15-24(30)20-11-12-23(29)22(14-20)25(26)31)19-8-6-7-18(13-19)16-28(2)21-9-4-3-5-10-21/h3-5,9-12,14,17-19,24,27,29-30H,6-8,13,15-16H2,1-2H3,(H2,26,31). The molecule has 2 aromatic carbocycles. The van der Waals surface area contributed by atoms with Crippen molar-refractivity contribution in [1.29, 1.82) is 0 Å². The molecular formula is C25H35N3O3. The van der Waals surface area contributed by atoms with Gasteiger partial charge in [-0.05, 0) is 67.9 Å². The molecule has 168 valence electrons. The Labute approximate surface area is 185 Å². The number of amides is 1. The third-order valence-electron chi connectivity index (χ3n) is 6.56. The highest BCUT2D eigenvalue weighted by Crippen LogP contribution is 2.32. The predicted octanol–water partition coefficient (Wildman–Crippen LogP) is 3.45. The largest absolute Gasteiger partial charge is 0.507 e. The van der Waals surface area contributed by atoms with Crippen molar-refractivity contribution in [2.45, 2.75) is 44.8 Å². The quantitative estimate of drug-likeness (QED) is 0.493. The summed E-state index contributed by atoms with van der Waals surface area (Å²) in [6.07, 6.45) is 4.08. The molecule has 1 aliphatic carbocycles. The van der Waals surface area contributed by atoms with Gasteiger partial charge in [0.1, 0.15) is 5.75 Å². The maximum absolute atomic E-state index is 11.4. The zero-order chi connectivity index (χ0) is 22.4. The van der Waals surface area contributed by atoms with Crippen LogP contribution in [0.5, 0.6) is 5.75 Å². The van der Waals surface area contributed by atoms with Crippen molar-refractivity contribution in [1.82, 2.24) is 5.32 Å². The number of anilines is 1. The van der Waals surface area contributed by atoms with Crippen LogP contribution in [0.15, 0.2) is 48.5 Å². The van der Waals surface area contributed by atoms with E-state index in [-0.39, 0.29) is 17.4 Å². The molecule has 0 aliphatic heterocycles. The van der Waals surface area contributed by atoms with E-state index >= 15 is 0 Å². The molecule has 1 amide bonds. The van der Waals surface area contributed by atoms with Gasteiger partial charge < -0.3 is 26.2 Å². The number of para-hydroxylation sites is 1. The van der Waals surface area contributed by atoms with E-state index in [1.54, 1.807) is 6.07 Å². The van der Waals surface area contributed by atoms with Crippen LogP contribution >= 0.6 is 0 Å². The van der Waals surface area contributed by atoms with E-state index in [1.165, 1.54) is 43.5 Å². The monoisotopic (exact) mass is 425 g/mol. The fourth-order valence-corrected chi connectivity index (χ4v) is 4.67. The summed E-state index contributed by atoms with van der Waals surface area (Å²) in [6.45, 7) is 3.63.